The lowest BCUT2D eigenvalue weighted by molar-refractivity contribution is -0.0854. The van der Waals surface area contributed by atoms with Crippen molar-refractivity contribution in [3.8, 4) is 0 Å². The average Bonchev–Trinajstić information content (AvgIpc) is 2.75. The van der Waals surface area contributed by atoms with Crippen molar-refractivity contribution < 1.29 is 27.5 Å². The van der Waals surface area contributed by atoms with Crippen molar-refractivity contribution in [3.05, 3.63) is 92.6 Å². The Morgan fingerprint density at radius 3 is 2.48 bits per heavy atom. The van der Waals surface area contributed by atoms with Crippen LogP contribution in [0.15, 0.2) is 54.6 Å². The predicted octanol–water partition coefficient (Wildman–Crippen LogP) is 5.41. The zero-order valence-electron chi connectivity index (χ0n) is 17.2. The van der Waals surface area contributed by atoms with Gasteiger partial charge in [0.1, 0.15) is 17.2 Å². The van der Waals surface area contributed by atoms with E-state index < -0.39 is 34.6 Å². The second kappa shape index (κ2) is 9.30. The molecule has 1 aliphatic rings. The van der Waals surface area contributed by atoms with Crippen molar-refractivity contribution in [1.29, 1.82) is 0 Å². The topological polar surface area (TPSA) is 52.6 Å². The molecule has 0 radical (unpaired) electrons. The van der Waals surface area contributed by atoms with Gasteiger partial charge in [-0.25, -0.2) is 17.6 Å². The molecule has 1 amide bonds. The second-order valence-electron chi connectivity index (χ2n) is 8.05. The molecule has 0 atom stereocenters. The molecule has 0 aliphatic carbocycles. The summed E-state index contributed by atoms with van der Waals surface area (Å²) in [6.45, 7) is -0.0328. The summed E-state index contributed by atoms with van der Waals surface area (Å²) in [6, 6.07) is 12.2. The van der Waals surface area contributed by atoms with Gasteiger partial charge in [0.25, 0.3) is 5.91 Å². The van der Waals surface area contributed by atoms with Crippen LogP contribution in [0.4, 0.5) is 28.9 Å². The highest BCUT2D eigenvalue weighted by Crippen LogP contribution is 2.33. The Bertz CT molecular complexity index is 1220. The molecular formula is C24H19F4IN2O2. The minimum atomic E-state index is -1.30. The lowest BCUT2D eigenvalue weighted by atomic mass is 9.87. The fourth-order valence-corrected chi connectivity index (χ4v) is 4.24. The number of hydrogen-bond donors (Lipinski definition) is 2. The molecule has 33 heavy (non-hydrogen) atoms. The molecule has 1 heterocycles. The second-order valence-corrected chi connectivity index (χ2v) is 9.29. The fourth-order valence-electron chi connectivity index (χ4n) is 3.78. The number of β-amino-alcohol motifs (C(OH)–C–C–N with tert-alkyl or cyclic N) is 1. The van der Waals surface area contributed by atoms with E-state index in [1.807, 2.05) is 22.6 Å². The fraction of sp³-hybridized carbons (Fsp3) is 0.208. The maximum Gasteiger partial charge on any atom is 0.256 e. The van der Waals surface area contributed by atoms with E-state index >= 15 is 0 Å². The molecule has 4 rings (SSSR count). The minimum absolute atomic E-state index is 0.0164. The number of likely N-dealkylation sites (tertiary alicyclic amines) is 1. The Kier molecular flexibility index (Phi) is 6.62. The van der Waals surface area contributed by atoms with Crippen molar-refractivity contribution in [3.63, 3.8) is 0 Å². The summed E-state index contributed by atoms with van der Waals surface area (Å²) in [5.41, 5.74) is -1.21. The van der Waals surface area contributed by atoms with Gasteiger partial charge in [-0.3, -0.25) is 4.79 Å². The van der Waals surface area contributed by atoms with Gasteiger partial charge in [0.05, 0.1) is 30.0 Å². The summed E-state index contributed by atoms with van der Waals surface area (Å²) < 4.78 is 56.7. The summed E-state index contributed by atoms with van der Waals surface area (Å²) in [5.74, 6) is -4.17. The maximum absolute atomic E-state index is 14.6. The molecule has 9 heteroatoms. The van der Waals surface area contributed by atoms with Crippen LogP contribution in [0, 0.1) is 26.8 Å². The number of amides is 1. The zero-order valence-corrected chi connectivity index (χ0v) is 19.4. The Morgan fingerprint density at radius 2 is 1.79 bits per heavy atom. The number of halogens is 5. The first kappa shape index (κ1) is 23.5. The van der Waals surface area contributed by atoms with Gasteiger partial charge in [-0.2, -0.15) is 0 Å². The summed E-state index contributed by atoms with van der Waals surface area (Å²) in [4.78, 5) is 14.3. The van der Waals surface area contributed by atoms with E-state index in [-0.39, 0.29) is 30.2 Å². The number of carbonyl (C=O) groups excluding carboxylic acids is 1. The molecule has 0 unspecified atom stereocenters. The largest absolute Gasteiger partial charge is 0.386 e. The number of aliphatic hydroxyl groups is 1. The Morgan fingerprint density at radius 1 is 1.03 bits per heavy atom. The van der Waals surface area contributed by atoms with E-state index in [1.165, 1.54) is 29.2 Å². The molecule has 1 saturated heterocycles. The van der Waals surface area contributed by atoms with Gasteiger partial charge >= 0.3 is 0 Å². The van der Waals surface area contributed by atoms with Crippen molar-refractivity contribution in [2.75, 3.05) is 18.4 Å². The number of aryl methyl sites for hydroxylation is 1. The van der Waals surface area contributed by atoms with Crippen molar-refractivity contribution >= 4 is 39.9 Å². The van der Waals surface area contributed by atoms with Gasteiger partial charge in [0.15, 0.2) is 11.6 Å². The molecule has 0 bridgehead atoms. The Balaban J connectivity index is 1.49. The standard InChI is InChI=1S/C24H19F4IN2O2/c25-15-3-1-2-14(10-15)8-9-24(33)12-31(13-24)23(32)17-5-6-18(26)21(28)22(17)30-20-7-4-16(29)11-19(20)27/h1-7,10-11,30,33H,8-9,12-13H2. The van der Waals surface area contributed by atoms with E-state index in [2.05, 4.69) is 5.32 Å². The van der Waals surface area contributed by atoms with Crippen molar-refractivity contribution in [1.82, 2.24) is 4.90 Å². The quantitative estimate of drug-likeness (QED) is 0.308. The van der Waals surface area contributed by atoms with Crippen LogP contribution in [0.25, 0.3) is 0 Å². The maximum atomic E-state index is 14.6. The van der Waals surface area contributed by atoms with Gasteiger partial charge in [-0.05, 0) is 83.5 Å². The van der Waals surface area contributed by atoms with Gasteiger partial charge in [-0.15, -0.1) is 0 Å². The molecule has 2 N–H and O–H groups in total. The van der Waals surface area contributed by atoms with Crippen LogP contribution < -0.4 is 5.32 Å². The van der Waals surface area contributed by atoms with Crippen LogP contribution in [0.3, 0.4) is 0 Å². The number of carbonyl (C=O) groups is 1. The lowest BCUT2D eigenvalue weighted by Crippen LogP contribution is -2.63. The first-order valence-electron chi connectivity index (χ1n) is 10.1. The third kappa shape index (κ3) is 5.14. The van der Waals surface area contributed by atoms with Crippen LogP contribution in [0.2, 0.25) is 0 Å². The van der Waals surface area contributed by atoms with E-state index in [0.29, 0.717) is 16.4 Å². The summed E-state index contributed by atoms with van der Waals surface area (Å²) >= 11 is 1.91. The Labute approximate surface area is 201 Å². The van der Waals surface area contributed by atoms with E-state index in [1.54, 1.807) is 18.2 Å². The monoisotopic (exact) mass is 570 g/mol. The molecule has 4 nitrogen and oxygen atoms in total. The van der Waals surface area contributed by atoms with Gasteiger partial charge in [0, 0.05) is 3.57 Å². The molecule has 3 aromatic rings. The first-order chi connectivity index (χ1) is 15.6. The van der Waals surface area contributed by atoms with Crippen LogP contribution >= 0.6 is 22.6 Å². The van der Waals surface area contributed by atoms with Gasteiger partial charge < -0.3 is 15.3 Å². The number of nitrogens with zero attached hydrogens (tertiary/aromatic N) is 1. The predicted molar refractivity (Wildman–Crippen MR) is 124 cm³/mol. The van der Waals surface area contributed by atoms with Crippen molar-refractivity contribution in [2.24, 2.45) is 0 Å². The van der Waals surface area contributed by atoms with E-state index in [4.69, 9.17) is 0 Å². The highest BCUT2D eigenvalue weighted by atomic mass is 127. The van der Waals surface area contributed by atoms with Gasteiger partial charge in [-0.1, -0.05) is 12.1 Å². The molecule has 3 aromatic carbocycles. The molecule has 1 aliphatic heterocycles. The number of rotatable bonds is 6. The molecule has 0 aromatic heterocycles. The molecule has 0 saturated carbocycles. The number of anilines is 2. The van der Waals surface area contributed by atoms with Gasteiger partial charge in [0.2, 0.25) is 0 Å². The number of nitrogens with one attached hydrogen (secondary N) is 1. The molecule has 172 valence electrons. The SMILES string of the molecule is O=C(c1ccc(F)c(F)c1Nc1ccc(I)cc1F)N1CC(O)(CCc2cccc(F)c2)C1. The third-order valence-corrected chi connectivity index (χ3v) is 6.21. The molecule has 1 fully saturated rings. The highest BCUT2D eigenvalue weighted by Gasteiger charge is 2.44. The normalized spacial score (nSPS) is 14.7. The Hall–Kier alpha value is -2.66. The number of benzene rings is 3. The van der Waals surface area contributed by atoms with E-state index in [0.717, 1.165) is 17.7 Å². The number of hydrogen-bond acceptors (Lipinski definition) is 3. The summed E-state index contributed by atoms with van der Waals surface area (Å²) in [5, 5.41) is 13.2. The molecule has 0 spiro atoms. The van der Waals surface area contributed by atoms with Crippen LogP contribution in [0.5, 0.6) is 0 Å². The zero-order chi connectivity index (χ0) is 23.8. The summed E-state index contributed by atoms with van der Waals surface area (Å²) in [7, 11) is 0. The smallest absolute Gasteiger partial charge is 0.256 e. The third-order valence-electron chi connectivity index (χ3n) is 5.54. The van der Waals surface area contributed by atoms with Crippen LogP contribution in [0.1, 0.15) is 22.3 Å². The lowest BCUT2D eigenvalue weighted by Gasteiger charge is -2.46. The first-order valence-corrected chi connectivity index (χ1v) is 11.2. The van der Waals surface area contributed by atoms with Crippen molar-refractivity contribution in [2.45, 2.75) is 18.4 Å². The van der Waals surface area contributed by atoms with Crippen LogP contribution in [-0.4, -0.2) is 34.6 Å². The highest BCUT2D eigenvalue weighted by molar-refractivity contribution is 14.1. The van der Waals surface area contributed by atoms with Crippen LogP contribution in [-0.2, 0) is 6.42 Å². The van der Waals surface area contributed by atoms with E-state index in [9.17, 15) is 27.5 Å². The molecular weight excluding hydrogens is 551 g/mol. The summed E-state index contributed by atoms with van der Waals surface area (Å²) in [6.07, 6.45) is 0.720. The minimum Gasteiger partial charge on any atom is -0.386 e. The average molecular weight is 570 g/mol.